The van der Waals surface area contributed by atoms with Crippen LogP contribution in [0.25, 0.3) is 0 Å². The minimum atomic E-state index is -1.43. The Morgan fingerprint density at radius 1 is 1.25 bits per heavy atom. The van der Waals surface area contributed by atoms with Gasteiger partial charge in [0.15, 0.2) is 0 Å². The van der Waals surface area contributed by atoms with Gasteiger partial charge < -0.3 is 11.5 Å². The molecule has 8 heavy (non-hydrogen) atoms. The summed E-state index contributed by atoms with van der Waals surface area (Å²) < 4.78 is 23.2. The number of rotatable bonds is 3. The fraction of sp³-hybridized carbons (Fsp3) is 1.00. The second-order valence-corrected chi connectivity index (χ2v) is 1.83. The van der Waals surface area contributed by atoms with E-state index in [9.17, 15) is 8.78 Å². The molecule has 0 aliphatic heterocycles. The first kappa shape index (κ1) is 7.78. The molecular formula is C4H10F2N2. The van der Waals surface area contributed by atoms with Gasteiger partial charge in [-0.15, -0.1) is 0 Å². The third-order valence-electron chi connectivity index (χ3n) is 0.939. The van der Waals surface area contributed by atoms with E-state index in [-0.39, 0.29) is 6.54 Å². The van der Waals surface area contributed by atoms with Crippen molar-refractivity contribution in [3.8, 4) is 0 Å². The van der Waals surface area contributed by atoms with Gasteiger partial charge in [-0.3, -0.25) is 0 Å². The van der Waals surface area contributed by atoms with Crippen LogP contribution in [0.1, 0.15) is 0 Å². The van der Waals surface area contributed by atoms with E-state index in [1.54, 1.807) is 0 Å². The molecule has 0 amide bonds. The van der Waals surface area contributed by atoms with Crippen molar-refractivity contribution in [1.29, 1.82) is 0 Å². The van der Waals surface area contributed by atoms with Crippen molar-refractivity contribution in [2.75, 3.05) is 19.9 Å². The molecule has 0 aromatic carbocycles. The zero-order chi connectivity index (χ0) is 6.62. The van der Waals surface area contributed by atoms with Gasteiger partial charge in [-0.1, -0.05) is 0 Å². The van der Waals surface area contributed by atoms with E-state index in [1.165, 1.54) is 0 Å². The number of alkyl halides is 2. The molecule has 4 N–H and O–H groups in total. The Labute approximate surface area is 46.8 Å². The van der Waals surface area contributed by atoms with Gasteiger partial charge in [-0.25, -0.2) is 8.78 Å². The summed E-state index contributed by atoms with van der Waals surface area (Å²) in [7, 11) is 0. The van der Waals surface area contributed by atoms with Gasteiger partial charge in [0, 0.05) is 6.54 Å². The Balaban J connectivity index is 3.58. The van der Waals surface area contributed by atoms with E-state index in [1.807, 2.05) is 0 Å². The summed E-state index contributed by atoms with van der Waals surface area (Å²) in [5.74, 6) is 0. The maximum Gasteiger partial charge on any atom is 0.111 e. The summed E-state index contributed by atoms with van der Waals surface area (Å²) in [5.41, 5.74) is 8.51. The molecule has 0 radical (unpaired) electrons. The maximum atomic E-state index is 11.6. The Hall–Kier alpha value is -0.220. The summed E-state index contributed by atoms with van der Waals surface area (Å²) in [4.78, 5) is 0. The molecular weight excluding hydrogens is 114 g/mol. The Bertz CT molecular complexity index is 54.8. The number of halogens is 2. The van der Waals surface area contributed by atoms with Crippen molar-refractivity contribution >= 4 is 0 Å². The molecule has 0 saturated carbocycles. The van der Waals surface area contributed by atoms with Crippen molar-refractivity contribution in [2.24, 2.45) is 11.5 Å². The lowest BCUT2D eigenvalue weighted by Crippen LogP contribution is -2.51. The van der Waals surface area contributed by atoms with E-state index in [0.29, 0.717) is 0 Å². The van der Waals surface area contributed by atoms with Crippen LogP contribution >= 0.6 is 0 Å². The average molecular weight is 124 g/mol. The molecule has 4 heteroatoms. The molecule has 0 aliphatic rings. The highest BCUT2D eigenvalue weighted by molar-refractivity contribution is 4.83. The normalized spacial score (nSPS) is 12.0. The smallest absolute Gasteiger partial charge is 0.111 e. The van der Waals surface area contributed by atoms with Crippen LogP contribution < -0.4 is 11.5 Å². The summed E-state index contributed by atoms with van der Waals surface area (Å²) in [6.45, 7) is -1.96. The summed E-state index contributed by atoms with van der Waals surface area (Å²) in [6.07, 6.45) is 0. The van der Waals surface area contributed by atoms with Crippen LogP contribution in [0.4, 0.5) is 8.78 Å². The van der Waals surface area contributed by atoms with E-state index in [0.717, 1.165) is 0 Å². The van der Waals surface area contributed by atoms with E-state index in [2.05, 4.69) is 0 Å². The Kier molecular flexibility index (Phi) is 2.86. The quantitative estimate of drug-likeness (QED) is 0.537. The van der Waals surface area contributed by atoms with Gasteiger partial charge in [0.1, 0.15) is 13.3 Å². The van der Waals surface area contributed by atoms with Crippen LogP contribution in [0.5, 0.6) is 0 Å². The zero-order valence-electron chi connectivity index (χ0n) is 4.53. The summed E-state index contributed by atoms with van der Waals surface area (Å²) in [5, 5.41) is 0. The molecule has 0 aliphatic carbocycles. The maximum absolute atomic E-state index is 11.6. The molecule has 0 heterocycles. The first-order chi connectivity index (χ1) is 3.68. The van der Waals surface area contributed by atoms with Crippen molar-refractivity contribution in [3.63, 3.8) is 0 Å². The molecule has 0 rings (SSSR count). The van der Waals surface area contributed by atoms with Gasteiger partial charge in [-0.05, 0) is 0 Å². The number of hydrogen-bond donors (Lipinski definition) is 2. The molecule has 0 unspecified atom stereocenters. The SMILES string of the molecule is NCC(N)(CF)CF. The number of nitrogens with two attached hydrogens (primary N) is 2. The Morgan fingerprint density at radius 2 is 1.62 bits per heavy atom. The van der Waals surface area contributed by atoms with Crippen LogP contribution in [0.15, 0.2) is 0 Å². The third-order valence-corrected chi connectivity index (χ3v) is 0.939. The van der Waals surface area contributed by atoms with E-state index < -0.39 is 18.9 Å². The molecule has 0 bridgehead atoms. The van der Waals surface area contributed by atoms with Crippen LogP contribution in [0.2, 0.25) is 0 Å². The summed E-state index contributed by atoms with van der Waals surface area (Å²) >= 11 is 0. The molecule has 0 spiro atoms. The first-order valence-electron chi connectivity index (χ1n) is 2.29. The molecule has 0 fully saturated rings. The lowest BCUT2D eigenvalue weighted by atomic mass is 10.1. The van der Waals surface area contributed by atoms with Crippen molar-refractivity contribution in [3.05, 3.63) is 0 Å². The second kappa shape index (κ2) is 2.94. The molecule has 0 aromatic rings. The molecule has 0 aromatic heterocycles. The lowest BCUT2D eigenvalue weighted by Gasteiger charge is -2.18. The highest BCUT2D eigenvalue weighted by atomic mass is 19.1. The highest BCUT2D eigenvalue weighted by Gasteiger charge is 2.22. The van der Waals surface area contributed by atoms with Gasteiger partial charge in [0.05, 0.1) is 5.54 Å². The molecule has 0 saturated heterocycles. The summed E-state index contributed by atoms with van der Waals surface area (Å²) in [6, 6.07) is 0. The van der Waals surface area contributed by atoms with Crippen LogP contribution in [-0.2, 0) is 0 Å². The van der Waals surface area contributed by atoms with E-state index in [4.69, 9.17) is 11.5 Å². The first-order valence-corrected chi connectivity index (χ1v) is 2.29. The van der Waals surface area contributed by atoms with Crippen molar-refractivity contribution in [2.45, 2.75) is 5.54 Å². The standard InChI is InChI=1S/C4H10F2N2/c5-1-4(8,2-6)3-7/h1-3,7-8H2. The highest BCUT2D eigenvalue weighted by Crippen LogP contribution is 1.98. The number of hydrogen-bond acceptors (Lipinski definition) is 2. The van der Waals surface area contributed by atoms with Gasteiger partial charge in [0.25, 0.3) is 0 Å². The lowest BCUT2D eigenvalue weighted by molar-refractivity contribution is 0.249. The monoisotopic (exact) mass is 124 g/mol. The fourth-order valence-electron chi connectivity index (χ4n) is 0.145. The van der Waals surface area contributed by atoms with Crippen LogP contribution in [0, 0.1) is 0 Å². The van der Waals surface area contributed by atoms with Gasteiger partial charge in [-0.2, -0.15) is 0 Å². The zero-order valence-corrected chi connectivity index (χ0v) is 4.53. The van der Waals surface area contributed by atoms with Gasteiger partial charge >= 0.3 is 0 Å². The second-order valence-electron chi connectivity index (χ2n) is 1.83. The predicted molar refractivity (Wildman–Crippen MR) is 27.9 cm³/mol. The van der Waals surface area contributed by atoms with Gasteiger partial charge in [0.2, 0.25) is 0 Å². The average Bonchev–Trinajstić information content (AvgIpc) is 1.87. The minimum absolute atomic E-state index is 0.153. The fourth-order valence-corrected chi connectivity index (χ4v) is 0.145. The third kappa shape index (κ3) is 1.71. The van der Waals surface area contributed by atoms with Crippen LogP contribution in [0.3, 0.4) is 0 Å². The predicted octanol–water partition coefficient (Wildman–Crippen LogP) is -0.418. The van der Waals surface area contributed by atoms with E-state index >= 15 is 0 Å². The molecule has 0 atom stereocenters. The molecule has 2 nitrogen and oxygen atoms in total. The molecule has 50 valence electrons. The minimum Gasteiger partial charge on any atom is -0.328 e. The van der Waals surface area contributed by atoms with Crippen molar-refractivity contribution < 1.29 is 8.78 Å². The Morgan fingerprint density at radius 3 is 1.62 bits per heavy atom. The topological polar surface area (TPSA) is 52.0 Å². The van der Waals surface area contributed by atoms with Crippen molar-refractivity contribution in [1.82, 2.24) is 0 Å². The largest absolute Gasteiger partial charge is 0.328 e. The van der Waals surface area contributed by atoms with Crippen LogP contribution in [-0.4, -0.2) is 25.4 Å².